The van der Waals surface area contributed by atoms with Gasteiger partial charge in [0.2, 0.25) is 6.04 Å². The Morgan fingerprint density at radius 2 is 2.18 bits per heavy atom. The van der Waals surface area contributed by atoms with Gasteiger partial charge >= 0.3 is 0 Å². The fraction of sp³-hybridized carbons (Fsp3) is 0.889. The van der Waals surface area contributed by atoms with Gasteiger partial charge in [0.05, 0.1) is 18.4 Å². The van der Waals surface area contributed by atoms with Gasteiger partial charge < -0.3 is 9.95 Å². The zero-order valence-electron chi connectivity index (χ0n) is 7.17. The second-order valence-electron chi connectivity index (χ2n) is 4.01. The third kappa shape index (κ3) is 1.94. The normalized spacial score (nSPS) is 36.5. The van der Waals surface area contributed by atoms with E-state index in [1.807, 2.05) is 0 Å². The second kappa shape index (κ2) is 2.83. The minimum Gasteiger partial charge on any atom is -0.389 e. The van der Waals surface area contributed by atoms with Gasteiger partial charge in [-0.2, -0.15) is 0 Å². The van der Waals surface area contributed by atoms with Gasteiger partial charge in [0.15, 0.2) is 0 Å². The van der Waals surface area contributed by atoms with Gasteiger partial charge in [0.25, 0.3) is 0 Å². The summed E-state index contributed by atoms with van der Waals surface area (Å²) in [5.41, 5.74) is -0.497. The van der Waals surface area contributed by atoms with Gasteiger partial charge in [-0.3, -0.25) is 0 Å². The molecule has 0 aromatic rings. The minimum absolute atomic E-state index is 0.0961. The van der Waals surface area contributed by atoms with Crippen LogP contribution in [-0.2, 0) is 0 Å². The molecule has 0 bridgehead atoms. The Bertz CT molecular complexity index is 174. The van der Waals surface area contributed by atoms with E-state index >= 15 is 0 Å². The van der Waals surface area contributed by atoms with Crippen molar-refractivity contribution in [1.82, 2.24) is 0 Å². The van der Waals surface area contributed by atoms with Crippen molar-refractivity contribution < 1.29 is 5.11 Å². The summed E-state index contributed by atoms with van der Waals surface area (Å²) in [7, 11) is 0. The number of aliphatic hydroxyl groups is 1. The molecular weight excluding hydrogens is 138 g/mol. The zero-order valence-corrected chi connectivity index (χ0v) is 7.17. The summed E-state index contributed by atoms with van der Waals surface area (Å²) in [6.07, 6.45) is 2.22. The van der Waals surface area contributed by atoms with Crippen molar-refractivity contribution in [2.24, 2.45) is 5.92 Å². The molecule has 0 saturated heterocycles. The average molecular weight is 153 g/mol. The van der Waals surface area contributed by atoms with Gasteiger partial charge in [-0.05, 0) is 12.3 Å². The molecule has 0 spiro atoms. The number of nitrogens with zero attached hydrogens (tertiary/aromatic N) is 1. The topological polar surface area (TPSA) is 24.6 Å². The molecule has 62 valence electrons. The lowest BCUT2D eigenvalue weighted by atomic mass is 9.72. The maximum Gasteiger partial charge on any atom is 0.229 e. The van der Waals surface area contributed by atoms with Crippen molar-refractivity contribution in [3.63, 3.8) is 0 Å². The van der Waals surface area contributed by atoms with E-state index < -0.39 is 5.60 Å². The Labute approximate surface area is 68.0 Å². The van der Waals surface area contributed by atoms with Crippen LogP contribution in [0.25, 0.3) is 4.85 Å². The van der Waals surface area contributed by atoms with Crippen LogP contribution in [0.4, 0.5) is 0 Å². The second-order valence-corrected chi connectivity index (χ2v) is 4.01. The van der Waals surface area contributed by atoms with Crippen LogP contribution in [0.5, 0.6) is 0 Å². The van der Waals surface area contributed by atoms with Crippen LogP contribution in [0.3, 0.4) is 0 Å². The standard InChI is InChI=1S/C9H15NO/c1-7(2)4-9(11)5-8(6-9)10-3/h7-8,11H,4-6H2,1-2H3. The highest BCUT2D eigenvalue weighted by atomic mass is 16.3. The summed E-state index contributed by atoms with van der Waals surface area (Å²) in [6.45, 7) is 10.9. The lowest BCUT2D eigenvalue weighted by Gasteiger charge is -2.38. The van der Waals surface area contributed by atoms with Crippen molar-refractivity contribution in [2.45, 2.75) is 44.8 Å². The molecule has 2 heteroatoms. The Morgan fingerprint density at radius 1 is 1.64 bits per heavy atom. The summed E-state index contributed by atoms with van der Waals surface area (Å²) >= 11 is 0. The molecule has 0 amide bonds. The van der Waals surface area contributed by atoms with E-state index in [0.29, 0.717) is 18.8 Å². The summed E-state index contributed by atoms with van der Waals surface area (Å²) in [4.78, 5) is 3.39. The monoisotopic (exact) mass is 153 g/mol. The highest BCUT2D eigenvalue weighted by molar-refractivity contribution is 5.03. The van der Waals surface area contributed by atoms with Crippen LogP contribution in [0.15, 0.2) is 0 Å². The quantitative estimate of drug-likeness (QED) is 0.601. The highest BCUT2D eigenvalue weighted by Gasteiger charge is 2.47. The molecule has 1 aliphatic carbocycles. The Morgan fingerprint density at radius 3 is 2.55 bits per heavy atom. The van der Waals surface area contributed by atoms with Crippen LogP contribution >= 0.6 is 0 Å². The molecule has 0 aromatic heterocycles. The van der Waals surface area contributed by atoms with Crippen molar-refractivity contribution in [1.29, 1.82) is 0 Å². The first kappa shape index (κ1) is 8.55. The lowest BCUT2D eigenvalue weighted by molar-refractivity contribution is -0.0534. The number of rotatable bonds is 2. The number of hydrogen-bond acceptors (Lipinski definition) is 1. The van der Waals surface area contributed by atoms with E-state index in [9.17, 15) is 5.11 Å². The van der Waals surface area contributed by atoms with Crippen LogP contribution < -0.4 is 0 Å². The molecule has 1 fully saturated rings. The van der Waals surface area contributed by atoms with E-state index in [-0.39, 0.29) is 6.04 Å². The van der Waals surface area contributed by atoms with E-state index in [1.54, 1.807) is 0 Å². The summed E-state index contributed by atoms with van der Waals surface area (Å²) < 4.78 is 0. The summed E-state index contributed by atoms with van der Waals surface area (Å²) in [5, 5.41) is 9.74. The van der Waals surface area contributed by atoms with Crippen molar-refractivity contribution in [3.8, 4) is 0 Å². The Balaban J connectivity index is 2.32. The maximum atomic E-state index is 9.74. The molecule has 0 heterocycles. The number of hydrogen-bond donors (Lipinski definition) is 1. The Hall–Kier alpha value is -0.550. The average Bonchev–Trinajstić information content (AvgIpc) is 1.80. The SMILES string of the molecule is [C-]#[N+]C1CC(O)(CC(C)C)C1. The van der Waals surface area contributed by atoms with Crippen LogP contribution in [0.1, 0.15) is 33.1 Å². The van der Waals surface area contributed by atoms with E-state index in [4.69, 9.17) is 6.57 Å². The third-order valence-corrected chi connectivity index (χ3v) is 2.20. The molecule has 2 nitrogen and oxygen atoms in total. The molecule has 1 saturated carbocycles. The van der Waals surface area contributed by atoms with Gasteiger partial charge in [-0.15, -0.1) is 0 Å². The van der Waals surface area contributed by atoms with E-state index in [2.05, 4.69) is 18.7 Å². The smallest absolute Gasteiger partial charge is 0.229 e. The first-order valence-electron chi connectivity index (χ1n) is 4.15. The lowest BCUT2D eigenvalue weighted by Crippen LogP contribution is -2.46. The van der Waals surface area contributed by atoms with Gasteiger partial charge in [0.1, 0.15) is 0 Å². The first-order valence-corrected chi connectivity index (χ1v) is 4.15. The van der Waals surface area contributed by atoms with Crippen molar-refractivity contribution in [2.75, 3.05) is 0 Å². The van der Waals surface area contributed by atoms with Gasteiger partial charge in [-0.25, -0.2) is 6.57 Å². The molecule has 0 unspecified atom stereocenters. The predicted octanol–water partition coefficient (Wildman–Crippen LogP) is 1.85. The van der Waals surface area contributed by atoms with Crippen molar-refractivity contribution in [3.05, 3.63) is 11.4 Å². The van der Waals surface area contributed by atoms with E-state index in [1.165, 1.54) is 0 Å². The molecule has 1 aliphatic rings. The fourth-order valence-corrected chi connectivity index (χ4v) is 1.84. The third-order valence-electron chi connectivity index (χ3n) is 2.20. The zero-order chi connectivity index (χ0) is 8.48. The molecular formula is C9H15NO. The minimum atomic E-state index is -0.497. The highest BCUT2D eigenvalue weighted by Crippen LogP contribution is 2.39. The molecule has 0 atom stereocenters. The summed E-state index contributed by atoms with van der Waals surface area (Å²) in [5.74, 6) is 0.534. The summed E-state index contributed by atoms with van der Waals surface area (Å²) in [6, 6.07) is 0.0961. The molecule has 1 N–H and O–H groups in total. The predicted molar refractivity (Wildman–Crippen MR) is 44.0 cm³/mol. The molecule has 1 rings (SSSR count). The maximum absolute atomic E-state index is 9.74. The molecule has 0 radical (unpaired) electrons. The fourth-order valence-electron chi connectivity index (χ4n) is 1.84. The van der Waals surface area contributed by atoms with Gasteiger partial charge in [-0.1, -0.05) is 13.8 Å². The molecule has 0 aliphatic heterocycles. The van der Waals surface area contributed by atoms with Crippen LogP contribution in [0.2, 0.25) is 0 Å². The van der Waals surface area contributed by atoms with Crippen molar-refractivity contribution >= 4 is 0 Å². The van der Waals surface area contributed by atoms with Crippen LogP contribution in [0, 0.1) is 12.5 Å². The van der Waals surface area contributed by atoms with Gasteiger partial charge in [0, 0.05) is 0 Å². The largest absolute Gasteiger partial charge is 0.389 e. The molecule has 0 aromatic carbocycles. The van der Waals surface area contributed by atoms with Crippen LogP contribution in [-0.4, -0.2) is 16.7 Å². The Kier molecular flexibility index (Phi) is 2.20. The van der Waals surface area contributed by atoms with E-state index in [0.717, 1.165) is 6.42 Å². The first-order chi connectivity index (χ1) is 5.06. The molecule has 11 heavy (non-hydrogen) atoms.